The molecule has 0 aliphatic heterocycles. The Morgan fingerprint density at radius 2 is 0.920 bits per heavy atom. The fourth-order valence-electron chi connectivity index (χ4n) is 8.25. The van der Waals surface area contributed by atoms with Gasteiger partial charge in [0.2, 0.25) is 0 Å². The van der Waals surface area contributed by atoms with Gasteiger partial charge in [-0.2, -0.15) is 0 Å². The first-order valence-electron chi connectivity index (χ1n) is 17.1. The van der Waals surface area contributed by atoms with Crippen LogP contribution in [0.15, 0.2) is 174 Å². The molecule has 1 nitrogen and oxygen atoms in total. The van der Waals surface area contributed by atoms with Gasteiger partial charge >= 0.3 is 0 Å². The van der Waals surface area contributed by atoms with E-state index >= 15 is 0 Å². The van der Waals surface area contributed by atoms with Gasteiger partial charge in [-0.05, 0) is 78.3 Å². The summed E-state index contributed by atoms with van der Waals surface area (Å²) < 4.78 is 9.17. The standard InChI is InChI=1S/C48H28OS/c1-2-12-30(13-3-1)45-37-15-6-8-17-39(37)46(40-18-9-7-16-38(40)45)32-22-25-36-35-24-21-31(27-43(35)50-44(36)28-32)34-19-10-20-41-47-33-14-5-4-11-29(33)23-26-42(47)49-48(34)41/h1-28H. The quantitative estimate of drug-likeness (QED) is 0.173. The number of hydrogen-bond acceptors (Lipinski definition) is 2. The van der Waals surface area contributed by atoms with Crippen molar-refractivity contribution in [2.45, 2.75) is 0 Å². The summed E-state index contributed by atoms with van der Waals surface area (Å²) in [4.78, 5) is 0. The summed E-state index contributed by atoms with van der Waals surface area (Å²) in [6.07, 6.45) is 0. The zero-order valence-electron chi connectivity index (χ0n) is 27.0. The highest BCUT2D eigenvalue weighted by Gasteiger charge is 2.19. The fraction of sp³-hybridized carbons (Fsp3) is 0. The maximum atomic E-state index is 6.59. The third-order valence-corrected chi connectivity index (χ3v) is 11.6. The molecular weight excluding hydrogens is 625 g/mol. The predicted octanol–water partition coefficient (Wildman–Crippen LogP) is 14.4. The van der Waals surface area contributed by atoms with Gasteiger partial charge in [0.15, 0.2) is 0 Å². The van der Waals surface area contributed by atoms with Gasteiger partial charge in [0, 0.05) is 36.5 Å². The second-order valence-electron chi connectivity index (χ2n) is 13.2. The van der Waals surface area contributed by atoms with E-state index in [0.717, 1.165) is 22.1 Å². The van der Waals surface area contributed by atoms with Crippen LogP contribution < -0.4 is 0 Å². The topological polar surface area (TPSA) is 13.1 Å². The molecule has 0 bridgehead atoms. The van der Waals surface area contributed by atoms with Gasteiger partial charge in [0.25, 0.3) is 0 Å². The molecule has 0 saturated heterocycles. The normalized spacial score (nSPS) is 12.0. The molecule has 50 heavy (non-hydrogen) atoms. The van der Waals surface area contributed by atoms with Gasteiger partial charge in [-0.1, -0.05) is 152 Å². The Hall–Kier alpha value is -6.22. The van der Waals surface area contributed by atoms with Crippen molar-refractivity contribution in [1.82, 2.24) is 0 Å². The average Bonchev–Trinajstić information content (AvgIpc) is 3.75. The molecule has 2 aromatic heterocycles. The molecule has 0 spiro atoms. The lowest BCUT2D eigenvalue weighted by atomic mass is 9.86. The molecule has 2 heteroatoms. The summed E-state index contributed by atoms with van der Waals surface area (Å²) in [7, 11) is 0. The maximum Gasteiger partial charge on any atom is 0.143 e. The molecule has 0 saturated carbocycles. The van der Waals surface area contributed by atoms with E-state index in [1.165, 1.54) is 85.7 Å². The summed E-state index contributed by atoms with van der Waals surface area (Å²) in [5, 5.41) is 12.5. The van der Waals surface area contributed by atoms with Crippen LogP contribution in [0, 0.1) is 0 Å². The van der Waals surface area contributed by atoms with E-state index in [9.17, 15) is 0 Å². The number of rotatable bonds is 3. The van der Waals surface area contributed by atoms with Crippen LogP contribution >= 0.6 is 11.3 Å². The zero-order chi connectivity index (χ0) is 32.8. The van der Waals surface area contributed by atoms with Crippen molar-refractivity contribution in [2.24, 2.45) is 0 Å². The van der Waals surface area contributed by atoms with Crippen LogP contribution in [0.1, 0.15) is 0 Å². The molecule has 0 fully saturated rings. The molecule has 0 N–H and O–H groups in total. The van der Waals surface area contributed by atoms with Crippen molar-refractivity contribution in [3.8, 4) is 33.4 Å². The third-order valence-electron chi connectivity index (χ3n) is 10.5. The van der Waals surface area contributed by atoms with Crippen molar-refractivity contribution < 1.29 is 4.42 Å². The Labute approximate surface area is 292 Å². The zero-order valence-corrected chi connectivity index (χ0v) is 27.8. The number of fused-ring (bicyclic) bond motifs is 10. The molecule has 0 amide bonds. The van der Waals surface area contributed by atoms with Gasteiger partial charge in [0.05, 0.1) is 0 Å². The van der Waals surface area contributed by atoms with Crippen LogP contribution in [-0.4, -0.2) is 0 Å². The minimum Gasteiger partial charge on any atom is -0.455 e. The van der Waals surface area contributed by atoms with Crippen molar-refractivity contribution in [3.05, 3.63) is 170 Å². The molecular formula is C48H28OS. The second kappa shape index (κ2) is 10.6. The Morgan fingerprint density at radius 1 is 0.360 bits per heavy atom. The highest BCUT2D eigenvalue weighted by molar-refractivity contribution is 7.25. The van der Waals surface area contributed by atoms with Crippen molar-refractivity contribution in [2.75, 3.05) is 0 Å². The van der Waals surface area contributed by atoms with Gasteiger partial charge < -0.3 is 4.42 Å². The summed E-state index contributed by atoms with van der Waals surface area (Å²) in [6.45, 7) is 0. The molecule has 232 valence electrons. The highest BCUT2D eigenvalue weighted by atomic mass is 32.1. The molecule has 11 rings (SSSR count). The van der Waals surface area contributed by atoms with E-state index in [1.807, 2.05) is 11.3 Å². The van der Waals surface area contributed by atoms with E-state index < -0.39 is 0 Å². The Morgan fingerprint density at radius 3 is 1.62 bits per heavy atom. The Balaban J connectivity index is 1.10. The first kappa shape index (κ1) is 27.7. The molecule has 11 aromatic rings. The molecule has 2 heterocycles. The number of para-hydroxylation sites is 1. The number of benzene rings is 9. The van der Waals surface area contributed by atoms with E-state index in [0.29, 0.717) is 0 Å². The number of furan rings is 1. The highest BCUT2D eigenvalue weighted by Crippen LogP contribution is 2.46. The van der Waals surface area contributed by atoms with E-state index in [-0.39, 0.29) is 0 Å². The molecule has 9 aromatic carbocycles. The molecule has 0 unspecified atom stereocenters. The Bertz CT molecular complexity index is 3090. The van der Waals surface area contributed by atoms with E-state index in [1.54, 1.807) is 0 Å². The molecule has 0 atom stereocenters. The van der Waals surface area contributed by atoms with Crippen LogP contribution in [0.2, 0.25) is 0 Å². The average molecular weight is 653 g/mol. The number of thiophene rings is 1. The van der Waals surface area contributed by atoms with Crippen LogP contribution in [0.4, 0.5) is 0 Å². The van der Waals surface area contributed by atoms with Crippen LogP contribution in [0.3, 0.4) is 0 Å². The smallest absolute Gasteiger partial charge is 0.143 e. The SMILES string of the molecule is c1ccc(-c2c3ccccc3c(-c3ccc4c(c3)sc3cc(-c5cccc6c5oc5ccc7ccccc7c56)ccc34)c3ccccc23)cc1. The summed E-state index contributed by atoms with van der Waals surface area (Å²) in [6, 6.07) is 61.9. The summed E-state index contributed by atoms with van der Waals surface area (Å²) >= 11 is 1.87. The van der Waals surface area contributed by atoms with E-state index in [2.05, 4.69) is 170 Å². The lowest BCUT2D eigenvalue weighted by molar-refractivity contribution is 0.670. The second-order valence-corrected chi connectivity index (χ2v) is 14.3. The van der Waals surface area contributed by atoms with Gasteiger partial charge in [0.1, 0.15) is 11.2 Å². The lowest BCUT2D eigenvalue weighted by Crippen LogP contribution is -1.90. The summed E-state index contributed by atoms with van der Waals surface area (Å²) in [5.41, 5.74) is 9.25. The summed E-state index contributed by atoms with van der Waals surface area (Å²) in [5.74, 6) is 0. The largest absolute Gasteiger partial charge is 0.455 e. The lowest BCUT2D eigenvalue weighted by Gasteiger charge is -2.17. The van der Waals surface area contributed by atoms with Crippen molar-refractivity contribution in [3.63, 3.8) is 0 Å². The Kier molecular flexibility index (Phi) is 5.89. The van der Waals surface area contributed by atoms with Crippen LogP contribution in [0.25, 0.3) is 108 Å². The first-order valence-corrected chi connectivity index (χ1v) is 17.9. The minimum atomic E-state index is 0.929. The maximum absolute atomic E-state index is 6.59. The first-order chi connectivity index (χ1) is 24.8. The third kappa shape index (κ3) is 4.00. The van der Waals surface area contributed by atoms with Crippen molar-refractivity contribution in [1.29, 1.82) is 0 Å². The van der Waals surface area contributed by atoms with Gasteiger partial charge in [-0.15, -0.1) is 11.3 Å². The molecule has 0 aliphatic carbocycles. The number of hydrogen-bond donors (Lipinski definition) is 0. The monoisotopic (exact) mass is 652 g/mol. The fourth-order valence-corrected chi connectivity index (χ4v) is 9.44. The van der Waals surface area contributed by atoms with Gasteiger partial charge in [-0.3, -0.25) is 0 Å². The van der Waals surface area contributed by atoms with Crippen LogP contribution in [-0.2, 0) is 0 Å². The van der Waals surface area contributed by atoms with Gasteiger partial charge in [-0.25, -0.2) is 0 Å². The van der Waals surface area contributed by atoms with E-state index in [4.69, 9.17) is 4.42 Å². The molecule has 0 aliphatic rings. The predicted molar refractivity (Wildman–Crippen MR) is 215 cm³/mol. The molecule has 0 radical (unpaired) electrons. The van der Waals surface area contributed by atoms with Crippen LogP contribution in [0.5, 0.6) is 0 Å². The minimum absolute atomic E-state index is 0.929. The van der Waals surface area contributed by atoms with Crippen molar-refractivity contribution >= 4 is 85.8 Å².